The largest absolute Gasteiger partial charge is 0.345 e. The number of thiazole rings is 1. The van der Waals surface area contributed by atoms with Crippen molar-refractivity contribution in [2.45, 2.75) is 18.1 Å². The SMILES string of the molecule is O=S(=O)(C1CC1)N1CCN(c2nc3ccc(F)cc3s2)CC1. The number of piperazine rings is 1. The number of sulfonamides is 1. The van der Waals surface area contributed by atoms with Crippen molar-refractivity contribution in [1.29, 1.82) is 0 Å². The minimum Gasteiger partial charge on any atom is -0.345 e. The van der Waals surface area contributed by atoms with Gasteiger partial charge in [0, 0.05) is 26.2 Å². The molecule has 0 amide bonds. The molecular weight excluding hydrogens is 325 g/mol. The zero-order valence-electron chi connectivity index (χ0n) is 11.9. The number of rotatable bonds is 3. The van der Waals surface area contributed by atoms with Crippen LogP contribution in [-0.4, -0.2) is 49.1 Å². The normalized spacial score (nSPS) is 20.7. The van der Waals surface area contributed by atoms with E-state index in [0.717, 1.165) is 28.2 Å². The van der Waals surface area contributed by atoms with Gasteiger partial charge in [-0.2, -0.15) is 4.31 Å². The van der Waals surface area contributed by atoms with Crippen molar-refractivity contribution in [1.82, 2.24) is 9.29 Å². The van der Waals surface area contributed by atoms with Crippen LogP contribution in [0.4, 0.5) is 9.52 Å². The third-order valence-electron chi connectivity index (χ3n) is 4.15. The van der Waals surface area contributed by atoms with Gasteiger partial charge in [-0.15, -0.1) is 0 Å². The van der Waals surface area contributed by atoms with E-state index >= 15 is 0 Å². The summed E-state index contributed by atoms with van der Waals surface area (Å²) in [6.45, 7) is 2.27. The lowest BCUT2D eigenvalue weighted by atomic mass is 10.3. The summed E-state index contributed by atoms with van der Waals surface area (Å²) in [6, 6.07) is 4.58. The topological polar surface area (TPSA) is 53.5 Å². The van der Waals surface area contributed by atoms with Gasteiger partial charge in [0.1, 0.15) is 5.82 Å². The van der Waals surface area contributed by atoms with Crippen LogP contribution in [0, 0.1) is 5.82 Å². The Labute approximate surface area is 132 Å². The Morgan fingerprint density at radius 3 is 2.59 bits per heavy atom. The predicted octanol–water partition coefficient (Wildman–Crippen LogP) is 2.05. The lowest BCUT2D eigenvalue weighted by Crippen LogP contribution is -2.49. The van der Waals surface area contributed by atoms with Crippen LogP contribution in [0.3, 0.4) is 0 Å². The van der Waals surface area contributed by atoms with Crippen molar-refractivity contribution >= 4 is 36.7 Å². The van der Waals surface area contributed by atoms with Gasteiger partial charge in [0.15, 0.2) is 5.13 Å². The van der Waals surface area contributed by atoms with E-state index in [9.17, 15) is 12.8 Å². The maximum atomic E-state index is 13.2. The highest BCUT2D eigenvalue weighted by Gasteiger charge is 2.41. The molecule has 5 nitrogen and oxygen atoms in total. The molecule has 22 heavy (non-hydrogen) atoms. The van der Waals surface area contributed by atoms with Gasteiger partial charge in [-0.25, -0.2) is 17.8 Å². The van der Waals surface area contributed by atoms with Gasteiger partial charge < -0.3 is 4.90 Å². The Morgan fingerprint density at radius 2 is 1.91 bits per heavy atom. The summed E-state index contributed by atoms with van der Waals surface area (Å²) in [5, 5.41) is 0.688. The third kappa shape index (κ3) is 2.49. The molecule has 118 valence electrons. The second kappa shape index (κ2) is 5.14. The van der Waals surface area contributed by atoms with Gasteiger partial charge in [-0.05, 0) is 31.0 Å². The Kier molecular flexibility index (Phi) is 3.35. The van der Waals surface area contributed by atoms with Gasteiger partial charge in [0.2, 0.25) is 10.0 Å². The summed E-state index contributed by atoms with van der Waals surface area (Å²) in [5.74, 6) is -0.261. The number of benzene rings is 1. The molecule has 2 heterocycles. The zero-order chi connectivity index (χ0) is 15.3. The quantitative estimate of drug-likeness (QED) is 0.857. The average Bonchev–Trinajstić information content (AvgIpc) is 3.28. The Bertz CT molecular complexity index is 809. The molecule has 2 fully saturated rings. The molecule has 1 aromatic carbocycles. The summed E-state index contributed by atoms with van der Waals surface area (Å²) < 4.78 is 40.1. The first kappa shape index (κ1) is 14.3. The molecule has 1 aliphatic heterocycles. The molecule has 0 bridgehead atoms. The molecule has 1 saturated heterocycles. The van der Waals surface area contributed by atoms with E-state index in [2.05, 4.69) is 9.88 Å². The van der Waals surface area contributed by atoms with E-state index in [1.54, 1.807) is 10.4 Å². The third-order valence-corrected chi connectivity index (χ3v) is 7.63. The summed E-state index contributed by atoms with van der Waals surface area (Å²) in [5.41, 5.74) is 0.787. The van der Waals surface area contributed by atoms with E-state index < -0.39 is 10.0 Å². The van der Waals surface area contributed by atoms with Crippen molar-refractivity contribution in [2.24, 2.45) is 0 Å². The fourth-order valence-electron chi connectivity index (χ4n) is 2.73. The lowest BCUT2D eigenvalue weighted by molar-refractivity contribution is 0.384. The summed E-state index contributed by atoms with van der Waals surface area (Å²) in [7, 11) is -3.08. The van der Waals surface area contributed by atoms with Crippen LogP contribution in [0.2, 0.25) is 0 Å². The number of hydrogen-bond acceptors (Lipinski definition) is 5. The summed E-state index contributed by atoms with van der Waals surface area (Å²) >= 11 is 1.45. The Morgan fingerprint density at radius 1 is 1.18 bits per heavy atom. The number of hydrogen-bond donors (Lipinski definition) is 0. The van der Waals surface area contributed by atoms with Crippen LogP contribution >= 0.6 is 11.3 Å². The maximum Gasteiger partial charge on any atom is 0.217 e. The molecule has 0 spiro atoms. The van der Waals surface area contributed by atoms with Crippen molar-refractivity contribution in [3.8, 4) is 0 Å². The molecule has 1 aromatic heterocycles. The van der Waals surface area contributed by atoms with Gasteiger partial charge >= 0.3 is 0 Å². The van der Waals surface area contributed by atoms with E-state index in [0.29, 0.717) is 26.2 Å². The molecule has 0 radical (unpaired) electrons. The molecular formula is C14H16FN3O2S2. The number of anilines is 1. The average molecular weight is 341 g/mol. The van der Waals surface area contributed by atoms with Gasteiger partial charge in [0.05, 0.1) is 15.5 Å². The van der Waals surface area contributed by atoms with Gasteiger partial charge in [-0.3, -0.25) is 0 Å². The first-order valence-electron chi connectivity index (χ1n) is 7.34. The predicted molar refractivity (Wildman–Crippen MR) is 85.3 cm³/mol. The standard InChI is InChI=1S/C14H16FN3O2S2/c15-10-1-4-12-13(9-10)21-14(16-12)17-5-7-18(8-6-17)22(19,20)11-2-3-11/h1,4,9,11H,2-3,5-8H2. The molecule has 0 atom stereocenters. The van der Waals surface area contributed by atoms with Crippen LogP contribution in [0.25, 0.3) is 10.2 Å². The fraction of sp³-hybridized carbons (Fsp3) is 0.500. The molecule has 1 aliphatic carbocycles. The van der Waals surface area contributed by atoms with Crippen LogP contribution in [0.15, 0.2) is 18.2 Å². The van der Waals surface area contributed by atoms with E-state index in [4.69, 9.17) is 0 Å². The monoisotopic (exact) mass is 341 g/mol. The zero-order valence-corrected chi connectivity index (χ0v) is 13.5. The molecule has 8 heteroatoms. The van der Waals surface area contributed by atoms with Crippen LogP contribution in [0.5, 0.6) is 0 Å². The van der Waals surface area contributed by atoms with Crippen molar-refractivity contribution in [2.75, 3.05) is 31.1 Å². The lowest BCUT2D eigenvalue weighted by Gasteiger charge is -2.33. The van der Waals surface area contributed by atoms with E-state index in [-0.39, 0.29) is 11.1 Å². The summed E-state index contributed by atoms with van der Waals surface area (Å²) in [6.07, 6.45) is 1.60. The second-order valence-electron chi connectivity index (χ2n) is 5.74. The maximum absolute atomic E-state index is 13.2. The molecule has 4 rings (SSSR count). The van der Waals surface area contributed by atoms with E-state index in [1.807, 2.05) is 0 Å². The summed E-state index contributed by atoms with van der Waals surface area (Å²) in [4.78, 5) is 6.61. The fourth-order valence-corrected chi connectivity index (χ4v) is 5.60. The molecule has 2 aliphatic rings. The number of halogens is 1. The number of fused-ring (bicyclic) bond motifs is 1. The van der Waals surface area contributed by atoms with Crippen molar-refractivity contribution in [3.05, 3.63) is 24.0 Å². The van der Waals surface area contributed by atoms with Crippen LogP contribution < -0.4 is 4.90 Å². The van der Waals surface area contributed by atoms with Crippen LogP contribution in [0.1, 0.15) is 12.8 Å². The highest BCUT2D eigenvalue weighted by molar-refractivity contribution is 7.90. The number of nitrogens with zero attached hydrogens (tertiary/aromatic N) is 3. The van der Waals surface area contributed by atoms with Crippen molar-refractivity contribution in [3.63, 3.8) is 0 Å². The molecule has 0 unspecified atom stereocenters. The molecule has 0 N–H and O–H groups in total. The first-order chi connectivity index (χ1) is 10.5. The van der Waals surface area contributed by atoms with Crippen LogP contribution in [-0.2, 0) is 10.0 Å². The highest BCUT2D eigenvalue weighted by Crippen LogP contribution is 2.33. The molecule has 1 saturated carbocycles. The van der Waals surface area contributed by atoms with E-state index in [1.165, 1.54) is 23.5 Å². The minimum absolute atomic E-state index is 0.149. The van der Waals surface area contributed by atoms with Gasteiger partial charge in [-0.1, -0.05) is 11.3 Å². The Balaban J connectivity index is 1.50. The smallest absolute Gasteiger partial charge is 0.217 e. The second-order valence-corrected chi connectivity index (χ2v) is 8.96. The Hall–Kier alpha value is -1.25. The minimum atomic E-state index is -3.08. The van der Waals surface area contributed by atoms with Crippen molar-refractivity contribution < 1.29 is 12.8 Å². The molecule has 2 aromatic rings. The first-order valence-corrected chi connectivity index (χ1v) is 9.66. The number of aromatic nitrogens is 1. The van der Waals surface area contributed by atoms with Gasteiger partial charge in [0.25, 0.3) is 0 Å². The highest BCUT2D eigenvalue weighted by atomic mass is 32.2.